The number of Topliss-reactive ketones (excluding diaryl/α,β-unsaturated/α-hetero) is 1. The van der Waals surface area contributed by atoms with Gasteiger partial charge in [-0.1, -0.05) is 60.2 Å². The SMILES string of the molecule is Cc1cccc(-c2c(C)sc3ncn(CC(=O)c4ccccc4)c(=O)c23)c1. The highest BCUT2D eigenvalue weighted by molar-refractivity contribution is 7.19. The van der Waals surface area contributed by atoms with E-state index in [0.717, 1.165) is 21.6 Å². The van der Waals surface area contributed by atoms with E-state index in [4.69, 9.17) is 0 Å². The zero-order valence-corrected chi connectivity index (χ0v) is 15.9. The molecule has 0 aliphatic carbocycles. The Morgan fingerprint density at radius 2 is 1.85 bits per heavy atom. The van der Waals surface area contributed by atoms with E-state index in [2.05, 4.69) is 11.1 Å². The molecule has 27 heavy (non-hydrogen) atoms. The van der Waals surface area contributed by atoms with Gasteiger partial charge in [-0.2, -0.15) is 0 Å². The number of rotatable bonds is 4. The second-order valence-electron chi connectivity index (χ2n) is 6.55. The van der Waals surface area contributed by atoms with Crippen molar-refractivity contribution in [3.05, 3.63) is 87.3 Å². The van der Waals surface area contributed by atoms with Crippen molar-refractivity contribution in [3.8, 4) is 11.1 Å². The standard InChI is InChI=1S/C22H18N2O2S/c1-14-7-6-10-17(11-14)19-15(2)27-21-20(19)22(26)24(13-23-21)12-18(25)16-8-4-3-5-9-16/h3-11,13H,12H2,1-2H3. The van der Waals surface area contributed by atoms with Crippen molar-refractivity contribution in [2.24, 2.45) is 0 Å². The highest BCUT2D eigenvalue weighted by Gasteiger charge is 2.18. The quantitative estimate of drug-likeness (QED) is 0.490. The van der Waals surface area contributed by atoms with Crippen LogP contribution in [0.2, 0.25) is 0 Å². The van der Waals surface area contributed by atoms with E-state index in [1.165, 1.54) is 22.2 Å². The Morgan fingerprint density at radius 3 is 2.59 bits per heavy atom. The Bertz CT molecular complexity index is 1210. The van der Waals surface area contributed by atoms with Gasteiger partial charge >= 0.3 is 0 Å². The van der Waals surface area contributed by atoms with Crippen LogP contribution in [-0.4, -0.2) is 15.3 Å². The maximum atomic E-state index is 13.2. The molecule has 2 aromatic carbocycles. The number of benzene rings is 2. The third kappa shape index (κ3) is 3.22. The first-order valence-corrected chi connectivity index (χ1v) is 9.50. The molecular formula is C22H18N2O2S. The van der Waals surface area contributed by atoms with Crippen molar-refractivity contribution in [1.29, 1.82) is 0 Å². The van der Waals surface area contributed by atoms with Crippen molar-refractivity contribution in [2.45, 2.75) is 20.4 Å². The van der Waals surface area contributed by atoms with Gasteiger partial charge in [0.05, 0.1) is 18.3 Å². The number of carbonyl (C=O) groups excluding carboxylic acids is 1. The molecule has 4 nitrogen and oxygen atoms in total. The van der Waals surface area contributed by atoms with Crippen LogP contribution in [-0.2, 0) is 6.54 Å². The first-order valence-electron chi connectivity index (χ1n) is 8.68. The summed E-state index contributed by atoms with van der Waals surface area (Å²) in [4.78, 5) is 31.9. The van der Waals surface area contributed by atoms with Crippen LogP contribution in [0.15, 0.2) is 65.7 Å². The summed E-state index contributed by atoms with van der Waals surface area (Å²) in [5.41, 5.74) is 3.47. The van der Waals surface area contributed by atoms with Gasteiger partial charge in [-0.05, 0) is 19.4 Å². The lowest BCUT2D eigenvalue weighted by atomic mass is 10.0. The molecule has 0 aliphatic heterocycles. The van der Waals surface area contributed by atoms with Crippen LogP contribution >= 0.6 is 11.3 Å². The van der Waals surface area contributed by atoms with Gasteiger partial charge in [-0.3, -0.25) is 14.2 Å². The van der Waals surface area contributed by atoms with Crippen LogP contribution in [0, 0.1) is 13.8 Å². The van der Waals surface area contributed by atoms with Crippen LogP contribution in [0.25, 0.3) is 21.3 Å². The van der Waals surface area contributed by atoms with Crippen LogP contribution < -0.4 is 5.56 Å². The predicted octanol–water partition coefficient (Wildman–Crippen LogP) is 4.62. The van der Waals surface area contributed by atoms with Crippen molar-refractivity contribution >= 4 is 27.3 Å². The lowest BCUT2D eigenvalue weighted by Gasteiger charge is -2.07. The number of aryl methyl sites for hydroxylation is 2. The molecule has 4 aromatic rings. The average molecular weight is 374 g/mol. The van der Waals surface area contributed by atoms with Crippen LogP contribution in [0.3, 0.4) is 0 Å². The molecule has 2 aromatic heterocycles. The van der Waals surface area contributed by atoms with Crippen molar-refractivity contribution < 1.29 is 4.79 Å². The smallest absolute Gasteiger partial charge is 0.263 e. The number of nitrogens with zero attached hydrogens (tertiary/aromatic N) is 2. The molecule has 4 rings (SSSR count). The molecule has 0 aliphatic rings. The molecule has 0 fully saturated rings. The highest BCUT2D eigenvalue weighted by Crippen LogP contribution is 2.35. The number of thiophene rings is 1. The third-order valence-electron chi connectivity index (χ3n) is 4.57. The maximum absolute atomic E-state index is 13.2. The van der Waals surface area contributed by atoms with Crippen molar-refractivity contribution in [3.63, 3.8) is 0 Å². The van der Waals surface area contributed by atoms with Crippen molar-refractivity contribution in [2.75, 3.05) is 0 Å². The fourth-order valence-corrected chi connectivity index (χ4v) is 4.27. The minimum Gasteiger partial charge on any atom is -0.292 e. The van der Waals surface area contributed by atoms with Gasteiger partial charge in [0.2, 0.25) is 0 Å². The molecule has 134 valence electrons. The number of fused-ring (bicyclic) bond motifs is 1. The van der Waals surface area contributed by atoms with Gasteiger partial charge in [0.1, 0.15) is 4.83 Å². The van der Waals surface area contributed by atoms with Crippen LogP contribution in [0.1, 0.15) is 20.8 Å². The molecule has 0 bridgehead atoms. The Balaban J connectivity index is 1.83. The molecular weight excluding hydrogens is 356 g/mol. The Labute approximate surface area is 160 Å². The summed E-state index contributed by atoms with van der Waals surface area (Å²) in [5.74, 6) is -0.108. The summed E-state index contributed by atoms with van der Waals surface area (Å²) >= 11 is 1.51. The Kier molecular flexibility index (Phi) is 4.46. The molecule has 0 unspecified atom stereocenters. The molecule has 0 saturated heterocycles. The molecule has 0 N–H and O–H groups in total. The predicted molar refractivity (Wildman–Crippen MR) is 110 cm³/mol. The second-order valence-corrected chi connectivity index (χ2v) is 7.75. The van der Waals surface area contributed by atoms with E-state index in [1.807, 2.05) is 50.2 Å². The summed E-state index contributed by atoms with van der Waals surface area (Å²) in [6.07, 6.45) is 1.47. The summed E-state index contributed by atoms with van der Waals surface area (Å²) in [5, 5.41) is 0.589. The second kappa shape index (κ2) is 6.93. The zero-order chi connectivity index (χ0) is 19.0. The normalized spacial score (nSPS) is 11.0. The highest BCUT2D eigenvalue weighted by atomic mass is 32.1. The fourth-order valence-electron chi connectivity index (χ4n) is 3.27. The van der Waals surface area contributed by atoms with Gasteiger partial charge in [0.15, 0.2) is 5.78 Å². The average Bonchev–Trinajstić information content (AvgIpc) is 3.01. The summed E-state index contributed by atoms with van der Waals surface area (Å²) in [7, 11) is 0. The maximum Gasteiger partial charge on any atom is 0.263 e. The largest absolute Gasteiger partial charge is 0.292 e. The van der Waals surface area contributed by atoms with E-state index >= 15 is 0 Å². The lowest BCUT2D eigenvalue weighted by Crippen LogP contribution is -2.24. The fraction of sp³-hybridized carbons (Fsp3) is 0.136. The van der Waals surface area contributed by atoms with Crippen molar-refractivity contribution in [1.82, 2.24) is 9.55 Å². The molecule has 0 spiro atoms. The first kappa shape index (κ1) is 17.4. The van der Waals surface area contributed by atoms with Gasteiger partial charge in [-0.25, -0.2) is 4.98 Å². The lowest BCUT2D eigenvalue weighted by molar-refractivity contribution is 0.0970. The summed E-state index contributed by atoms with van der Waals surface area (Å²) in [6.45, 7) is 4.01. The van der Waals surface area contributed by atoms with E-state index in [1.54, 1.807) is 12.1 Å². The van der Waals surface area contributed by atoms with E-state index < -0.39 is 0 Å². The minimum absolute atomic E-state index is 0.0199. The van der Waals surface area contributed by atoms with Crippen LogP contribution in [0.4, 0.5) is 0 Å². The molecule has 0 atom stereocenters. The number of hydrogen-bond donors (Lipinski definition) is 0. The number of hydrogen-bond acceptors (Lipinski definition) is 4. The number of carbonyl (C=O) groups is 1. The van der Waals surface area contributed by atoms with E-state index in [0.29, 0.717) is 15.8 Å². The molecule has 2 heterocycles. The number of ketones is 1. The van der Waals surface area contributed by atoms with E-state index in [9.17, 15) is 9.59 Å². The summed E-state index contributed by atoms with van der Waals surface area (Å²) < 4.78 is 1.41. The van der Waals surface area contributed by atoms with Gasteiger partial charge in [-0.15, -0.1) is 11.3 Å². The molecule has 5 heteroatoms. The monoisotopic (exact) mass is 374 g/mol. The summed E-state index contributed by atoms with van der Waals surface area (Å²) in [6, 6.07) is 17.1. The topological polar surface area (TPSA) is 52.0 Å². The minimum atomic E-state index is -0.176. The Hall–Kier alpha value is -3.05. The number of aromatic nitrogens is 2. The molecule has 0 radical (unpaired) electrons. The van der Waals surface area contributed by atoms with Gasteiger partial charge < -0.3 is 0 Å². The van der Waals surface area contributed by atoms with Crippen LogP contribution in [0.5, 0.6) is 0 Å². The van der Waals surface area contributed by atoms with E-state index in [-0.39, 0.29) is 17.9 Å². The third-order valence-corrected chi connectivity index (χ3v) is 5.58. The molecule has 0 amide bonds. The van der Waals surface area contributed by atoms with Gasteiger partial charge in [0.25, 0.3) is 5.56 Å². The van der Waals surface area contributed by atoms with Gasteiger partial charge in [0, 0.05) is 16.0 Å². The Morgan fingerprint density at radius 1 is 1.07 bits per heavy atom. The zero-order valence-electron chi connectivity index (χ0n) is 15.1. The molecule has 0 saturated carbocycles. The first-order chi connectivity index (χ1) is 13.0.